The zero-order chi connectivity index (χ0) is 14.5. The molecule has 1 amide bonds. The van der Waals surface area contributed by atoms with Gasteiger partial charge in [0.2, 0.25) is 0 Å². The standard InChI is InChI=1S/C12H14N4O4/c13-12(15-5-7-20-8-6-15)14-11(17)9-1-3-10(4-2-9)16(18)19/h1-4H,5-8H2,(H2,13,14,17)/p+1. The van der Waals surface area contributed by atoms with Gasteiger partial charge in [0.15, 0.2) is 0 Å². The first-order chi connectivity index (χ1) is 9.58. The smallest absolute Gasteiger partial charge is 0.351 e. The molecule has 20 heavy (non-hydrogen) atoms. The fourth-order valence-corrected chi connectivity index (χ4v) is 1.81. The highest BCUT2D eigenvalue weighted by molar-refractivity contribution is 6.04. The number of nitrogens with one attached hydrogen (secondary N) is 1. The second-order valence-corrected chi connectivity index (χ2v) is 4.24. The number of hydrogen-bond acceptors (Lipinski definition) is 4. The third-order valence-electron chi connectivity index (χ3n) is 2.93. The maximum Gasteiger partial charge on any atom is 0.351 e. The highest BCUT2D eigenvalue weighted by Crippen LogP contribution is 2.11. The van der Waals surface area contributed by atoms with E-state index in [1.54, 1.807) is 0 Å². The molecule has 0 radical (unpaired) electrons. The highest BCUT2D eigenvalue weighted by atomic mass is 16.6. The molecule has 1 aliphatic rings. The molecule has 1 aliphatic heterocycles. The summed E-state index contributed by atoms with van der Waals surface area (Å²) in [7, 11) is 0. The highest BCUT2D eigenvalue weighted by Gasteiger charge is 2.18. The van der Waals surface area contributed by atoms with Gasteiger partial charge in [-0.1, -0.05) is 0 Å². The number of carbonyl (C=O) groups excluding carboxylic acids is 1. The van der Waals surface area contributed by atoms with Crippen LogP contribution in [0.4, 0.5) is 5.69 Å². The van der Waals surface area contributed by atoms with Crippen LogP contribution >= 0.6 is 0 Å². The van der Waals surface area contributed by atoms with Gasteiger partial charge in [-0.2, -0.15) is 0 Å². The van der Waals surface area contributed by atoms with Crippen molar-refractivity contribution in [3.05, 3.63) is 39.9 Å². The number of nitro benzene ring substituents is 1. The predicted molar refractivity (Wildman–Crippen MR) is 70.6 cm³/mol. The van der Waals surface area contributed by atoms with Gasteiger partial charge in [-0.05, 0) is 12.1 Å². The van der Waals surface area contributed by atoms with Crippen LogP contribution in [0.1, 0.15) is 10.4 Å². The number of benzene rings is 1. The van der Waals surface area contributed by atoms with Gasteiger partial charge in [-0.25, -0.2) is 5.32 Å². The zero-order valence-electron chi connectivity index (χ0n) is 10.7. The molecule has 0 atom stereocenters. The lowest BCUT2D eigenvalue weighted by molar-refractivity contribution is -0.551. The summed E-state index contributed by atoms with van der Waals surface area (Å²) in [6, 6.07) is 5.33. The monoisotopic (exact) mass is 279 g/mol. The molecule has 0 spiro atoms. The SMILES string of the molecule is NC(NC(=O)c1ccc([N+](=O)[O-])cc1)=[N+]1CCOCC1. The summed E-state index contributed by atoms with van der Waals surface area (Å²) >= 11 is 0. The Bertz CT molecular complexity index is 545. The largest absolute Gasteiger partial charge is 0.375 e. The van der Waals surface area contributed by atoms with Crippen LogP contribution in [-0.2, 0) is 4.74 Å². The molecular formula is C12H15N4O4+. The van der Waals surface area contributed by atoms with E-state index in [0.29, 0.717) is 31.9 Å². The topological polar surface area (TPSA) is 110 Å². The number of carbonyl (C=O) groups is 1. The van der Waals surface area contributed by atoms with Crippen molar-refractivity contribution < 1.29 is 19.0 Å². The van der Waals surface area contributed by atoms with E-state index in [1.165, 1.54) is 24.3 Å². The Morgan fingerprint density at radius 1 is 1.30 bits per heavy atom. The maximum absolute atomic E-state index is 11.9. The number of morpholine rings is 1. The Kier molecular flexibility index (Phi) is 4.26. The number of nitrogens with zero attached hydrogens (tertiary/aromatic N) is 2. The molecule has 3 N–H and O–H groups in total. The lowest BCUT2D eigenvalue weighted by Crippen LogP contribution is -2.47. The van der Waals surface area contributed by atoms with Gasteiger partial charge in [0.1, 0.15) is 0 Å². The van der Waals surface area contributed by atoms with Crippen molar-refractivity contribution >= 4 is 17.6 Å². The molecule has 8 nitrogen and oxygen atoms in total. The van der Waals surface area contributed by atoms with E-state index in [-0.39, 0.29) is 11.6 Å². The average molecular weight is 279 g/mol. The summed E-state index contributed by atoms with van der Waals surface area (Å²) in [6.45, 7) is 2.36. The van der Waals surface area contributed by atoms with Crippen LogP contribution in [0.3, 0.4) is 0 Å². The first-order valence-corrected chi connectivity index (χ1v) is 6.09. The lowest BCUT2D eigenvalue weighted by atomic mass is 10.2. The lowest BCUT2D eigenvalue weighted by Gasteiger charge is -2.16. The van der Waals surface area contributed by atoms with E-state index in [4.69, 9.17) is 10.5 Å². The molecule has 0 bridgehead atoms. The number of hydrogen-bond donors (Lipinski definition) is 2. The van der Waals surface area contributed by atoms with Crippen LogP contribution in [0.5, 0.6) is 0 Å². The fraction of sp³-hybridized carbons (Fsp3) is 0.333. The first-order valence-electron chi connectivity index (χ1n) is 6.09. The maximum atomic E-state index is 11.9. The third-order valence-corrected chi connectivity index (χ3v) is 2.93. The van der Waals surface area contributed by atoms with Crippen molar-refractivity contribution in [1.82, 2.24) is 5.32 Å². The van der Waals surface area contributed by atoms with E-state index in [0.717, 1.165) is 0 Å². The Balaban J connectivity index is 2.05. The summed E-state index contributed by atoms with van der Waals surface area (Å²) in [6.07, 6.45) is 0. The van der Waals surface area contributed by atoms with Gasteiger partial charge in [-0.3, -0.25) is 25.2 Å². The van der Waals surface area contributed by atoms with Gasteiger partial charge in [0.25, 0.3) is 5.69 Å². The summed E-state index contributed by atoms with van der Waals surface area (Å²) in [4.78, 5) is 21.9. The molecule has 1 aromatic rings. The molecule has 0 saturated carbocycles. The van der Waals surface area contributed by atoms with Crippen LogP contribution in [0.15, 0.2) is 24.3 Å². The quantitative estimate of drug-likeness (QED) is 0.334. The molecule has 8 heteroatoms. The van der Waals surface area contributed by atoms with Gasteiger partial charge in [-0.15, -0.1) is 0 Å². The molecule has 0 aromatic heterocycles. The summed E-state index contributed by atoms with van der Waals surface area (Å²) in [5.41, 5.74) is 6.06. The molecular weight excluding hydrogens is 264 g/mol. The Labute approximate surface area is 115 Å². The van der Waals surface area contributed by atoms with E-state index in [1.807, 2.05) is 4.58 Å². The normalized spacial score (nSPS) is 14.7. The summed E-state index contributed by atoms with van der Waals surface area (Å²) in [5, 5.41) is 13.1. The van der Waals surface area contributed by atoms with E-state index < -0.39 is 10.8 Å². The van der Waals surface area contributed by atoms with E-state index >= 15 is 0 Å². The minimum atomic E-state index is -0.518. The number of guanidine groups is 1. The summed E-state index contributed by atoms with van der Waals surface area (Å²) in [5.74, 6) is -0.138. The molecule has 0 aliphatic carbocycles. The van der Waals surface area contributed by atoms with Crippen molar-refractivity contribution in [2.45, 2.75) is 0 Å². The second-order valence-electron chi connectivity index (χ2n) is 4.24. The number of ether oxygens (including phenoxy) is 1. The van der Waals surface area contributed by atoms with Crippen molar-refractivity contribution in [2.24, 2.45) is 5.73 Å². The minimum absolute atomic E-state index is 0.0633. The Morgan fingerprint density at radius 2 is 1.90 bits per heavy atom. The van der Waals surface area contributed by atoms with Gasteiger partial charge >= 0.3 is 11.9 Å². The van der Waals surface area contributed by atoms with E-state index in [9.17, 15) is 14.9 Å². The van der Waals surface area contributed by atoms with Crippen LogP contribution in [0.2, 0.25) is 0 Å². The molecule has 1 heterocycles. The molecule has 0 unspecified atom stereocenters. The Morgan fingerprint density at radius 3 is 2.45 bits per heavy atom. The predicted octanol–water partition coefficient (Wildman–Crippen LogP) is -0.318. The van der Waals surface area contributed by atoms with Crippen LogP contribution in [0.25, 0.3) is 0 Å². The molecule has 106 valence electrons. The molecule has 1 saturated heterocycles. The molecule has 1 aromatic carbocycles. The van der Waals surface area contributed by atoms with Crippen molar-refractivity contribution in [3.63, 3.8) is 0 Å². The summed E-state index contributed by atoms with van der Waals surface area (Å²) < 4.78 is 7.00. The third kappa shape index (κ3) is 3.29. The number of nitro groups is 1. The van der Waals surface area contributed by atoms with Crippen molar-refractivity contribution in [1.29, 1.82) is 0 Å². The average Bonchev–Trinajstić information content (AvgIpc) is 2.48. The van der Waals surface area contributed by atoms with Crippen LogP contribution < -0.4 is 11.1 Å². The van der Waals surface area contributed by atoms with Crippen molar-refractivity contribution in [2.75, 3.05) is 26.3 Å². The number of non-ortho nitro benzene ring substituents is 1. The zero-order valence-corrected chi connectivity index (χ0v) is 10.7. The first kappa shape index (κ1) is 13.9. The minimum Gasteiger partial charge on any atom is -0.375 e. The van der Waals surface area contributed by atoms with Crippen molar-refractivity contribution in [3.8, 4) is 0 Å². The molecule has 1 fully saturated rings. The Hall–Kier alpha value is -2.48. The molecule has 2 rings (SSSR count). The second kappa shape index (κ2) is 6.11. The van der Waals surface area contributed by atoms with Gasteiger partial charge < -0.3 is 4.74 Å². The number of nitrogens with two attached hydrogens (primary N) is 1. The fourth-order valence-electron chi connectivity index (χ4n) is 1.81. The van der Waals surface area contributed by atoms with Crippen LogP contribution in [-0.4, -0.2) is 47.7 Å². The van der Waals surface area contributed by atoms with Gasteiger partial charge in [0, 0.05) is 12.1 Å². The van der Waals surface area contributed by atoms with E-state index in [2.05, 4.69) is 5.32 Å². The van der Waals surface area contributed by atoms with Gasteiger partial charge in [0.05, 0.1) is 36.8 Å². The number of rotatable bonds is 2. The number of amides is 1. The van der Waals surface area contributed by atoms with Crippen LogP contribution in [0, 0.1) is 10.1 Å².